The molecule has 138 valence electrons. The third-order valence-corrected chi connectivity index (χ3v) is 4.43. The lowest BCUT2D eigenvalue weighted by Crippen LogP contribution is -2.14. The molecule has 0 saturated carbocycles. The van der Waals surface area contributed by atoms with Crippen LogP contribution < -0.4 is 20.1 Å². The van der Waals surface area contributed by atoms with E-state index in [-0.39, 0.29) is 11.6 Å². The Kier molecular flexibility index (Phi) is 5.87. The second-order valence-electron chi connectivity index (χ2n) is 5.44. The molecule has 0 atom stereocenters. The van der Waals surface area contributed by atoms with Gasteiger partial charge >= 0.3 is 0 Å². The van der Waals surface area contributed by atoms with Gasteiger partial charge in [-0.05, 0) is 40.2 Å². The lowest BCUT2D eigenvalue weighted by Gasteiger charge is -2.12. The number of nitrogens with one attached hydrogen (secondary N) is 2. The Morgan fingerprint density at radius 3 is 2.15 bits per heavy atom. The van der Waals surface area contributed by atoms with Gasteiger partial charge in [0, 0.05) is 23.5 Å². The molecule has 7 nitrogen and oxygen atoms in total. The number of rotatable bonds is 6. The monoisotopic (exact) mass is 428 g/mol. The molecule has 0 fully saturated rings. The second-order valence-corrected chi connectivity index (χ2v) is 6.24. The lowest BCUT2D eigenvalue weighted by atomic mass is 10.2. The third-order valence-electron chi connectivity index (χ3n) is 3.65. The molecular weight excluding hydrogens is 412 g/mol. The number of amides is 1. The molecule has 0 saturated heterocycles. The molecule has 8 heteroatoms. The summed E-state index contributed by atoms with van der Waals surface area (Å²) in [5.74, 6) is 1.39. The van der Waals surface area contributed by atoms with Crippen molar-refractivity contribution in [2.45, 2.75) is 0 Å². The van der Waals surface area contributed by atoms with Gasteiger partial charge < -0.3 is 20.1 Å². The fraction of sp³-hybridized carbons (Fsp3) is 0.105. The molecule has 1 amide bonds. The molecule has 27 heavy (non-hydrogen) atoms. The Morgan fingerprint density at radius 2 is 1.59 bits per heavy atom. The van der Waals surface area contributed by atoms with Crippen LogP contribution in [0.4, 0.5) is 17.2 Å². The molecule has 3 rings (SSSR count). The molecule has 3 aromatic rings. The number of benzene rings is 2. The topological polar surface area (TPSA) is 85.4 Å². The van der Waals surface area contributed by atoms with Gasteiger partial charge in [0.2, 0.25) is 0 Å². The zero-order valence-corrected chi connectivity index (χ0v) is 16.3. The van der Waals surface area contributed by atoms with Crippen molar-refractivity contribution in [3.05, 3.63) is 64.8 Å². The van der Waals surface area contributed by atoms with Gasteiger partial charge in [-0.1, -0.05) is 18.2 Å². The molecule has 2 N–H and O–H groups in total. The predicted molar refractivity (Wildman–Crippen MR) is 107 cm³/mol. The maximum absolute atomic E-state index is 12.2. The van der Waals surface area contributed by atoms with Crippen LogP contribution in [0.2, 0.25) is 0 Å². The van der Waals surface area contributed by atoms with Gasteiger partial charge in [-0.2, -0.15) is 0 Å². The van der Waals surface area contributed by atoms with E-state index < -0.39 is 0 Å². The number of methoxy groups -OCH3 is 2. The molecule has 0 unspecified atom stereocenters. The fourth-order valence-electron chi connectivity index (χ4n) is 2.33. The van der Waals surface area contributed by atoms with Crippen molar-refractivity contribution >= 4 is 39.0 Å². The van der Waals surface area contributed by atoms with Crippen molar-refractivity contribution in [1.82, 2.24) is 10.2 Å². The third kappa shape index (κ3) is 4.53. The number of para-hydroxylation sites is 1. The van der Waals surface area contributed by atoms with E-state index in [0.29, 0.717) is 28.7 Å². The van der Waals surface area contributed by atoms with Gasteiger partial charge in [0.05, 0.1) is 14.2 Å². The summed E-state index contributed by atoms with van der Waals surface area (Å²) in [5.41, 5.74) is 1.62. The molecule has 1 aromatic heterocycles. The molecule has 0 bridgehead atoms. The van der Waals surface area contributed by atoms with Crippen LogP contribution in [-0.4, -0.2) is 30.3 Å². The largest absolute Gasteiger partial charge is 0.495 e. The van der Waals surface area contributed by atoms with Crippen LogP contribution in [0.25, 0.3) is 0 Å². The van der Waals surface area contributed by atoms with Gasteiger partial charge in [-0.25, -0.2) is 0 Å². The highest BCUT2D eigenvalue weighted by molar-refractivity contribution is 9.10. The SMILES string of the molecule is COc1cc(Nc2ccc(C(=O)Nc3ccccc3)nn2)cc(OC)c1Br. The minimum atomic E-state index is -0.327. The predicted octanol–water partition coefficient (Wildman–Crippen LogP) is 4.25. The summed E-state index contributed by atoms with van der Waals surface area (Å²) in [6.07, 6.45) is 0. The highest BCUT2D eigenvalue weighted by atomic mass is 79.9. The lowest BCUT2D eigenvalue weighted by molar-refractivity contribution is 0.102. The number of hydrogen-bond acceptors (Lipinski definition) is 6. The first-order valence-corrected chi connectivity index (χ1v) is 8.78. The highest BCUT2D eigenvalue weighted by Gasteiger charge is 2.12. The van der Waals surface area contributed by atoms with Crippen LogP contribution in [0.1, 0.15) is 10.5 Å². The van der Waals surface area contributed by atoms with Crippen molar-refractivity contribution in [3.63, 3.8) is 0 Å². The van der Waals surface area contributed by atoms with Crippen LogP contribution in [0, 0.1) is 0 Å². The number of carbonyl (C=O) groups excluding carboxylic acids is 1. The Labute approximate surface area is 164 Å². The van der Waals surface area contributed by atoms with Crippen molar-refractivity contribution in [3.8, 4) is 11.5 Å². The highest BCUT2D eigenvalue weighted by Crippen LogP contribution is 2.38. The Hall–Kier alpha value is -3.13. The number of halogens is 1. The van der Waals surface area contributed by atoms with Crippen molar-refractivity contribution in [2.24, 2.45) is 0 Å². The average molecular weight is 429 g/mol. The van der Waals surface area contributed by atoms with Crippen molar-refractivity contribution in [2.75, 3.05) is 24.9 Å². The first kappa shape index (κ1) is 18.7. The summed E-state index contributed by atoms with van der Waals surface area (Å²) in [6.45, 7) is 0. The molecule has 2 aromatic carbocycles. The van der Waals surface area contributed by atoms with E-state index >= 15 is 0 Å². The van der Waals surface area contributed by atoms with E-state index in [9.17, 15) is 4.79 Å². The number of hydrogen-bond donors (Lipinski definition) is 2. The Bertz CT molecular complexity index is 908. The standard InChI is InChI=1S/C19H17BrN4O3/c1-26-15-10-13(11-16(27-2)18(15)20)21-17-9-8-14(23-24-17)19(25)22-12-6-4-3-5-7-12/h3-11H,1-2H3,(H,21,24)(H,22,25). The van der Waals surface area contributed by atoms with E-state index in [4.69, 9.17) is 9.47 Å². The molecule has 0 aliphatic rings. The number of nitrogens with zero attached hydrogens (tertiary/aromatic N) is 2. The smallest absolute Gasteiger partial charge is 0.276 e. The van der Waals surface area contributed by atoms with Crippen LogP contribution >= 0.6 is 15.9 Å². The average Bonchev–Trinajstić information content (AvgIpc) is 2.70. The first-order valence-electron chi connectivity index (χ1n) is 7.99. The van der Waals surface area contributed by atoms with Crippen LogP contribution in [0.15, 0.2) is 59.1 Å². The molecular formula is C19H17BrN4O3. The van der Waals surface area contributed by atoms with Gasteiger partial charge in [-0.3, -0.25) is 4.79 Å². The van der Waals surface area contributed by atoms with Gasteiger partial charge in [-0.15, -0.1) is 10.2 Å². The van der Waals surface area contributed by atoms with E-state index in [1.165, 1.54) is 0 Å². The number of carbonyl (C=O) groups is 1. The number of ether oxygens (including phenoxy) is 2. The van der Waals surface area contributed by atoms with E-state index in [2.05, 4.69) is 36.8 Å². The summed E-state index contributed by atoms with van der Waals surface area (Å²) < 4.78 is 11.4. The molecule has 0 radical (unpaired) electrons. The summed E-state index contributed by atoms with van der Waals surface area (Å²) in [6, 6.07) is 16.0. The van der Waals surface area contributed by atoms with E-state index in [0.717, 1.165) is 4.47 Å². The molecule has 0 aliphatic heterocycles. The normalized spacial score (nSPS) is 10.2. The second kappa shape index (κ2) is 8.50. The number of aromatic nitrogens is 2. The Balaban J connectivity index is 1.73. The quantitative estimate of drug-likeness (QED) is 0.610. The van der Waals surface area contributed by atoms with Crippen LogP contribution in [0.3, 0.4) is 0 Å². The van der Waals surface area contributed by atoms with Crippen molar-refractivity contribution < 1.29 is 14.3 Å². The maximum atomic E-state index is 12.2. The van der Waals surface area contributed by atoms with Gasteiger partial charge in [0.25, 0.3) is 5.91 Å². The first-order chi connectivity index (χ1) is 13.1. The fourth-order valence-corrected chi connectivity index (χ4v) is 2.88. The van der Waals surface area contributed by atoms with Crippen molar-refractivity contribution in [1.29, 1.82) is 0 Å². The molecule has 0 aliphatic carbocycles. The van der Waals surface area contributed by atoms with Gasteiger partial charge in [0.1, 0.15) is 16.0 Å². The minimum absolute atomic E-state index is 0.218. The number of anilines is 3. The summed E-state index contributed by atoms with van der Waals surface area (Å²) in [5, 5.41) is 13.9. The van der Waals surface area contributed by atoms with Crippen LogP contribution in [-0.2, 0) is 0 Å². The van der Waals surface area contributed by atoms with Gasteiger partial charge in [0.15, 0.2) is 11.5 Å². The summed E-state index contributed by atoms with van der Waals surface area (Å²) in [4.78, 5) is 12.2. The zero-order chi connectivity index (χ0) is 19.2. The minimum Gasteiger partial charge on any atom is -0.495 e. The Morgan fingerprint density at radius 1 is 0.926 bits per heavy atom. The zero-order valence-electron chi connectivity index (χ0n) is 14.7. The van der Waals surface area contributed by atoms with E-state index in [1.807, 2.05) is 18.2 Å². The summed E-state index contributed by atoms with van der Waals surface area (Å²) in [7, 11) is 3.15. The van der Waals surface area contributed by atoms with E-state index in [1.54, 1.807) is 50.6 Å². The van der Waals surface area contributed by atoms with Crippen LogP contribution in [0.5, 0.6) is 11.5 Å². The molecule has 0 spiro atoms. The summed E-state index contributed by atoms with van der Waals surface area (Å²) >= 11 is 3.42. The molecule has 1 heterocycles. The maximum Gasteiger partial charge on any atom is 0.276 e.